The van der Waals surface area contributed by atoms with Crippen LogP contribution in [0, 0.1) is 0 Å². The monoisotopic (exact) mass is 172 g/mol. The quantitative estimate of drug-likeness (QED) is 0.415. The lowest BCUT2D eigenvalue weighted by Gasteiger charge is -1.99. The van der Waals surface area contributed by atoms with Crippen LogP contribution in [0.2, 0.25) is 0 Å². The molecule has 0 heterocycles. The van der Waals surface area contributed by atoms with Gasteiger partial charge in [0.15, 0.2) is 0 Å². The number of hydrogen-bond donors (Lipinski definition) is 0. The number of unbranched alkanes of at least 4 members (excludes halogenated alkanes) is 1. The molecular weight excluding hydrogens is 152 g/mol. The smallest absolute Gasteiger partial charge is 0.00674 e. The Morgan fingerprint density at radius 1 is 1.27 bits per heavy atom. The summed E-state index contributed by atoms with van der Waals surface area (Å²) in [5.41, 5.74) is 1.32. The van der Waals surface area contributed by atoms with Crippen molar-refractivity contribution in [3.63, 3.8) is 0 Å². The summed E-state index contributed by atoms with van der Waals surface area (Å²) in [4.78, 5) is 0. The molecule has 0 aromatic carbocycles. The second-order valence-corrected chi connectivity index (χ2v) is 4.25. The number of rotatable bonds is 7. The van der Waals surface area contributed by atoms with Crippen LogP contribution < -0.4 is 0 Å². The Bertz CT molecular complexity index is 97.0. The Morgan fingerprint density at radius 2 is 2.00 bits per heavy atom. The van der Waals surface area contributed by atoms with Gasteiger partial charge in [0.25, 0.3) is 0 Å². The van der Waals surface area contributed by atoms with Gasteiger partial charge in [0, 0.05) is 0 Å². The lowest BCUT2D eigenvalue weighted by atomic mass is 10.2. The van der Waals surface area contributed by atoms with E-state index in [4.69, 9.17) is 0 Å². The SMILES string of the molecule is C=C(C)CCCCSCCC. The molecule has 0 saturated heterocycles. The minimum Gasteiger partial charge on any atom is -0.162 e. The van der Waals surface area contributed by atoms with E-state index in [2.05, 4.69) is 32.2 Å². The van der Waals surface area contributed by atoms with E-state index in [0.29, 0.717) is 0 Å². The zero-order chi connectivity index (χ0) is 8.53. The Hall–Kier alpha value is 0.0900. The first-order chi connectivity index (χ1) is 5.27. The maximum absolute atomic E-state index is 3.88. The van der Waals surface area contributed by atoms with Gasteiger partial charge < -0.3 is 0 Å². The summed E-state index contributed by atoms with van der Waals surface area (Å²) in [5, 5.41) is 0. The predicted octanol–water partition coefficient (Wildman–Crippen LogP) is 3.88. The van der Waals surface area contributed by atoms with Gasteiger partial charge >= 0.3 is 0 Å². The molecule has 0 N–H and O–H groups in total. The largest absolute Gasteiger partial charge is 0.162 e. The molecule has 66 valence electrons. The van der Waals surface area contributed by atoms with E-state index >= 15 is 0 Å². The Morgan fingerprint density at radius 3 is 2.55 bits per heavy atom. The van der Waals surface area contributed by atoms with Crippen molar-refractivity contribution in [1.29, 1.82) is 0 Å². The maximum atomic E-state index is 3.88. The molecule has 0 saturated carbocycles. The van der Waals surface area contributed by atoms with E-state index in [1.165, 1.54) is 42.8 Å². The van der Waals surface area contributed by atoms with Crippen molar-refractivity contribution in [2.45, 2.75) is 39.5 Å². The molecule has 0 bridgehead atoms. The van der Waals surface area contributed by atoms with E-state index in [0.717, 1.165) is 0 Å². The van der Waals surface area contributed by atoms with Gasteiger partial charge in [0.2, 0.25) is 0 Å². The maximum Gasteiger partial charge on any atom is -0.00674 e. The average Bonchev–Trinajstić information content (AvgIpc) is 1.96. The van der Waals surface area contributed by atoms with Gasteiger partial charge in [-0.25, -0.2) is 0 Å². The van der Waals surface area contributed by atoms with Gasteiger partial charge in [-0.3, -0.25) is 0 Å². The Labute approximate surface area is 75.5 Å². The highest BCUT2D eigenvalue weighted by Gasteiger charge is 1.89. The van der Waals surface area contributed by atoms with Crippen molar-refractivity contribution in [2.24, 2.45) is 0 Å². The number of thioether (sulfide) groups is 1. The normalized spacial score (nSPS) is 10.0. The van der Waals surface area contributed by atoms with Crippen molar-refractivity contribution in [1.82, 2.24) is 0 Å². The zero-order valence-corrected chi connectivity index (χ0v) is 8.67. The fourth-order valence-electron chi connectivity index (χ4n) is 0.877. The van der Waals surface area contributed by atoms with Crippen LogP contribution in [-0.2, 0) is 0 Å². The molecule has 0 fully saturated rings. The molecule has 0 aliphatic carbocycles. The number of hydrogen-bond acceptors (Lipinski definition) is 1. The van der Waals surface area contributed by atoms with Crippen LogP contribution in [0.15, 0.2) is 12.2 Å². The van der Waals surface area contributed by atoms with Crippen LogP contribution in [0.4, 0.5) is 0 Å². The molecule has 0 amide bonds. The molecule has 0 rings (SSSR count). The van der Waals surface area contributed by atoms with Crippen molar-refractivity contribution in [2.75, 3.05) is 11.5 Å². The van der Waals surface area contributed by atoms with Crippen molar-refractivity contribution in [3.05, 3.63) is 12.2 Å². The molecule has 0 aromatic heterocycles. The van der Waals surface area contributed by atoms with Crippen LogP contribution >= 0.6 is 11.8 Å². The van der Waals surface area contributed by atoms with Crippen LogP contribution in [0.5, 0.6) is 0 Å². The molecule has 0 aliphatic heterocycles. The molecule has 0 atom stereocenters. The molecule has 0 aliphatic rings. The lowest BCUT2D eigenvalue weighted by molar-refractivity contribution is 0.796. The molecule has 0 spiro atoms. The van der Waals surface area contributed by atoms with E-state index in [9.17, 15) is 0 Å². The topological polar surface area (TPSA) is 0 Å². The van der Waals surface area contributed by atoms with Crippen molar-refractivity contribution >= 4 is 11.8 Å². The van der Waals surface area contributed by atoms with Crippen LogP contribution in [-0.4, -0.2) is 11.5 Å². The first-order valence-electron chi connectivity index (χ1n) is 4.49. The Balaban J connectivity index is 2.85. The molecule has 0 unspecified atom stereocenters. The van der Waals surface area contributed by atoms with Crippen molar-refractivity contribution in [3.8, 4) is 0 Å². The molecule has 0 aromatic rings. The van der Waals surface area contributed by atoms with Crippen molar-refractivity contribution < 1.29 is 0 Å². The number of allylic oxidation sites excluding steroid dienone is 1. The third-order valence-electron chi connectivity index (χ3n) is 1.49. The van der Waals surface area contributed by atoms with Crippen LogP contribution in [0.25, 0.3) is 0 Å². The van der Waals surface area contributed by atoms with Gasteiger partial charge in [0.1, 0.15) is 0 Å². The summed E-state index contributed by atoms with van der Waals surface area (Å²) in [5.74, 6) is 2.66. The van der Waals surface area contributed by atoms with Gasteiger partial charge in [-0.15, -0.1) is 6.58 Å². The van der Waals surface area contributed by atoms with Gasteiger partial charge in [-0.2, -0.15) is 11.8 Å². The lowest BCUT2D eigenvalue weighted by Crippen LogP contribution is -1.83. The highest BCUT2D eigenvalue weighted by molar-refractivity contribution is 7.99. The molecule has 11 heavy (non-hydrogen) atoms. The van der Waals surface area contributed by atoms with E-state index in [1.807, 2.05) is 0 Å². The highest BCUT2D eigenvalue weighted by atomic mass is 32.2. The molecular formula is C10H20S. The molecule has 1 heteroatoms. The summed E-state index contributed by atoms with van der Waals surface area (Å²) >= 11 is 2.08. The summed E-state index contributed by atoms with van der Waals surface area (Å²) in [7, 11) is 0. The fraction of sp³-hybridized carbons (Fsp3) is 0.800. The summed E-state index contributed by atoms with van der Waals surface area (Å²) < 4.78 is 0. The Kier molecular flexibility index (Phi) is 8.26. The third-order valence-corrected chi connectivity index (χ3v) is 2.76. The van der Waals surface area contributed by atoms with Crippen LogP contribution in [0.1, 0.15) is 39.5 Å². The minimum atomic E-state index is 1.21. The van der Waals surface area contributed by atoms with Gasteiger partial charge in [-0.1, -0.05) is 12.5 Å². The highest BCUT2D eigenvalue weighted by Crippen LogP contribution is 2.09. The second kappa shape index (κ2) is 8.19. The minimum absolute atomic E-state index is 1.21. The van der Waals surface area contributed by atoms with E-state index in [1.54, 1.807) is 0 Å². The predicted molar refractivity (Wildman–Crippen MR) is 56.3 cm³/mol. The van der Waals surface area contributed by atoms with Gasteiger partial charge in [-0.05, 0) is 44.1 Å². The first kappa shape index (κ1) is 11.1. The summed E-state index contributed by atoms with van der Waals surface area (Å²) in [6, 6.07) is 0. The zero-order valence-electron chi connectivity index (χ0n) is 7.86. The summed E-state index contributed by atoms with van der Waals surface area (Å²) in [6.07, 6.45) is 5.21. The fourth-order valence-corrected chi connectivity index (χ4v) is 1.78. The first-order valence-corrected chi connectivity index (χ1v) is 5.65. The standard InChI is InChI=1S/C10H20S/c1-4-8-11-9-6-5-7-10(2)3/h2,4-9H2,1,3H3. The van der Waals surface area contributed by atoms with E-state index < -0.39 is 0 Å². The molecule has 0 radical (unpaired) electrons. The van der Waals surface area contributed by atoms with Crippen LogP contribution in [0.3, 0.4) is 0 Å². The average molecular weight is 172 g/mol. The van der Waals surface area contributed by atoms with E-state index in [-0.39, 0.29) is 0 Å². The second-order valence-electron chi connectivity index (χ2n) is 3.03. The van der Waals surface area contributed by atoms with Gasteiger partial charge in [0.05, 0.1) is 0 Å². The summed E-state index contributed by atoms with van der Waals surface area (Å²) in [6.45, 7) is 8.23. The third kappa shape index (κ3) is 10.1. The molecule has 0 nitrogen and oxygen atoms in total.